The summed E-state index contributed by atoms with van der Waals surface area (Å²) < 4.78 is 23.3. The number of hydrogen-bond acceptors (Lipinski definition) is 4. The molecule has 0 spiro atoms. The molecule has 0 saturated carbocycles. The van der Waals surface area contributed by atoms with Crippen LogP contribution >= 0.6 is 0 Å². The molecule has 0 N–H and O–H groups in total. The standard InChI is InChI=1S/C30H30O4/c1-5-22-19-27(23-11-15-25(31-2)16-12-23)30(33-4)28(24-13-17-26(32-3)18-14-24)29(22)34-20-21-9-7-6-8-10-21/h6-19H,5,20H2,1-4H3. The van der Waals surface area contributed by atoms with Gasteiger partial charge < -0.3 is 18.9 Å². The van der Waals surface area contributed by atoms with Crippen molar-refractivity contribution in [1.29, 1.82) is 0 Å². The largest absolute Gasteiger partial charge is 0.497 e. The Morgan fingerprint density at radius 3 is 1.74 bits per heavy atom. The van der Waals surface area contributed by atoms with Crippen molar-refractivity contribution in [2.75, 3.05) is 21.3 Å². The van der Waals surface area contributed by atoms with Crippen molar-refractivity contribution in [3.8, 4) is 45.3 Å². The van der Waals surface area contributed by atoms with Crippen LogP contribution in [-0.2, 0) is 13.0 Å². The topological polar surface area (TPSA) is 36.9 Å². The molecular formula is C30H30O4. The first kappa shape index (κ1) is 23.2. The Bertz CT molecular complexity index is 1210. The molecule has 4 aromatic carbocycles. The molecule has 0 amide bonds. The van der Waals surface area contributed by atoms with E-state index in [0.29, 0.717) is 6.61 Å². The van der Waals surface area contributed by atoms with Crippen molar-refractivity contribution in [3.05, 3.63) is 96.1 Å². The molecule has 0 aliphatic heterocycles. The van der Waals surface area contributed by atoms with Gasteiger partial charge in [-0.2, -0.15) is 0 Å². The first-order valence-corrected chi connectivity index (χ1v) is 11.4. The monoisotopic (exact) mass is 454 g/mol. The third-order valence-electron chi connectivity index (χ3n) is 5.90. The fraction of sp³-hybridized carbons (Fsp3) is 0.200. The molecule has 4 rings (SSSR count). The minimum Gasteiger partial charge on any atom is -0.497 e. The molecule has 0 atom stereocenters. The van der Waals surface area contributed by atoms with Crippen molar-refractivity contribution in [2.24, 2.45) is 0 Å². The molecule has 0 aromatic heterocycles. The normalized spacial score (nSPS) is 10.6. The Hall–Kier alpha value is -3.92. The van der Waals surface area contributed by atoms with E-state index < -0.39 is 0 Å². The maximum absolute atomic E-state index is 6.49. The second-order valence-electron chi connectivity index (χ2n) is 7.91. The number of hydrogen-bond donors (Lipinski definition) is 0. The Labute approximate surface area is 201 Å². The van der Waals surface area contributed by atoms with Crippen LogP contribution in [0.5, 0.6) is 23.0 Å². The fourth-order valence-electron chi connectivity index (χ4n) is 4.08. The van der Waals surface area contributed by atoms with Crippen LogP contribution in [0.25, 0.3) is 22.3 Å². The van der Waals surface area contributed by atoms with Crippen LogP contribution in [0, 0.1) is 0 Å². The highest BCUT2D eigenvalue weighted by atomic mass is 16.5. The molecule has 174 valence electrons. The predicted molar refractivity (Wildman–Crippen MR) is 137 cm³/mol. The fourth-order valence-corrected chi connectivity index (χ4v) is 4.08. The molecule has 0 fully saturated rings. The van der Waals surface area contributed by atoms with E-state index in [0.717, 1.165) is 62.8 Å². The summed E-state index contributed by atoms with van der Waals surface area (Å²) in [7, 11) is 5.05. The maximum atomic E-state index is 6.49. The van der Waals surface area contributed by atoms with Gasteiger partial charge in [0.2, 0.25) is 0 Å². The molecule has 4 heteroatoms. The lowest BCUT2D eigenvalue weighted by Gasteiger charge is -2.22. The highest BCUT2D eigenvalue weighted by Gasteiger charge is 2.22. The summed E-state index contributed by atoms with van der Waals surface area (Å²) in [5.74, 6) is 3.23. The van der Waals surface area contributed by atoms with E-state index >= 15 is 0 Å². The molecule has 0 saturated heterocycles. The summed E-state index contributed by atoms with van der Waals surface area (Å²) in [6.07, 6.45) is 0.820. The molecule has 0 unspecified atom stereocenters. The minimum atomic E-state index is 0.474. The Morgan fingerprint density at radius 1 is 0.618 bits per heavy atom. The summed E-state index contributed by atoms with van der Waals surface area (Å²) in [5, 5.41) is 0. The van der Waals surface area contributed by atoms with Crippen molar-refractivity contribution in [3.63, 3.8) is 0 Å². The zero-order valence-corrected chi connectivity index (χ0v) is 20.1. The number of ether oxygens (including phenoxy) is 4. The highest BCUT2D eigenvalue weighted by Crippen LogP contribution is 2.48. The quantitative estimate of drug-likeness (QED) is 0.268. The van der Waals surface area contributed by atoms with Crippen LogP contribution in [0.15, 0.2) is 84.9 Å². The van der Waals surface area contributed by atoms with Gasteiger partial charge >= 0.3 is 0 Å². The van der Waals surface area contributed by atoms with E-state index in [2.05, 4.69) is 37.3 Å². The van der Waals surface area contributed by atoms with Gasteiger partial charge in [-0.25, -0.2) is 0 Å². The molecule has 4 nitrogen and oxygen atoms in total. The SMILES string of the molecule is CCc1cc(-c2ccc(OC)cc2)c(OC)c(-c2ccc(OC)cc2)c1OCc1ccccc1. The summed E-state index contributed by atoms with van der Waals surface area (Å²) in [6, 6.07) is 28.4. The van der Waals surface area contributed by atoms with E-state index in [1.54, 1.807) is 21.3 Å². The Balaban J connectivity index is 1.90. The smallest absolute Gasteiger partial charge is 0.138 e. The van der Waals surface area contributed by atoms with Crippen molar-refractivity contribution in [1.82, 2.24) is 0 Å². The average molecular weight is 455 g/mol. The molecule has 0 aliphatic rings. The van der Waals surface area contributed by atoms with E-state index in [4.69, 9.17) is 18.9 Å². The summed E-state index contributed by atoms with van der Waals surface area (Å²) in [5.41, 5.74) is 6.24. The second-order valence-corrected chi connectivity index (χ2v) is 7.91. The predicted octanol–water partition coefficient (Wildman–Crippen LogP) is 7.19. The van der Waals surface area contributed by atoms with Gasteiger partial charge in [-0.15, -0.1) is 0 Å². The third kappa shape index (κ3) is 4.86. The van der Waals surface area contributed by atoms with E-state index in [9.17, 15) is 0 Å². The van der Waals surface area contributed by atoms with Crippen LogP contribution < -0.4 is 18.9 Å². The third-order valence-corrected chi connectivity index (χ3v) is 5.90. The zero-order chi connectivity index (χ0) is 23.9. The lowest BCUT2D eigenvalue weighted by molar-refractivity contribution is 0.302. The summed E-state index contributed by atoms with van der Waals surface area (Å²) >= 11 is 0. The van der Waals surface area contributed by atoms with Crippen LogP contribution in [0.1, 0.15) is 18.1 Å². The van der Waals surface area contributed by atoms with E-state index in [1.165, 1.54) is 0 Å². The van der Waals surface area contributed by atoms with Crippen LogP contribution in [0.2, 0.25) is 0 Å². The summed E-state index contributed by atoms with van der Waals surface area (Å²) in [4.78, 5) is 0. The first-order valence-electron chi connectivity index (χ1n) is 11.4. The molecular weight excluding hydrogens is 424 g/mol. The Kier molecular flexibility index (Phi) is 7.38. The van der Waals surface area contributed by atoms with Gasteiger partial charge in [-0.1, -0.05) is 61.5 Å². The number of methoxy groups -OCH3 is 3. The number of aryl methyl sites for hydroxylation is 1. The van der Waals surface area contributed by atoms with Gasteiger partial charge in [0, 0.05) is 5.56 Å². The minimum absolute atomic E-state index is 0.474. The van der Waals surface area contributed by atoms with Gasteiger partial charge in [0.05, 0.1) is 26.9 Å². The molecule has 34 heavy (non-hydrogen) atoms. The lowest BCUT2D eigenvalue weighted by Crippen LogP contribution is -2.03. The van der Waals surface area contributed by atoms with Crippen LogP contribution in [0.4, 0.5) is 0 Å². The van der Waals surface area contributed by atoms with Crippen molar-refractivity contribution >= 4 is 0 Å². The molecule has 0 heterocycles. The highest BCUT2D eigenvalue weighted by molar-refractivity contribution is 5.88. The van der Waals surface area contributed by atoms with Crippen LogP contribution in [0.3, 0.4) is 0 Å². The average Bonchev–Trinajstić information content (AvgIpc) is 2.91. The van der Waals surface area contributed by atoms with E-state index in [-0.39, 0.29) is 0 Å². The van der Waals surface area contributed by atoms with Gasteiger partial charge in [-0.05, 0) is 59.0 Å². The van der Waals surface area contributed by atoms with Gasteiger partial charge in [0.1, 0.15) is 29.6 Å². The molecule has 0 bridgehead atoms. The summed E-state index contributed by atoms with van der Waals surface area (Å²) in [6.45, 7) is 2.62. The number of benzene rings is 4. The van der Waals surface area contributed by atoms with Crippen molar-refractivity contribution in [2.45, 2.75) is 20.0 Å². The second kappa shape index (κ2) is 10.8. The Morgan fingerprint density at radius 2 is 1.21 bits per heavy atom. The molecule has 0 radical (unpaired) electrons. The van der Waals surface area contributed by atoms with Crippen molar-refractivity contribution < 1.29 is 18.9 Å². The van der Waals surface area contributed by atoms with Gasteiger partial charge in [0.25, 0.3) is 0 Å². The molecule has 4 aromatic rings. The van der Waals surface area contributed by atoms with Gasteiger partial charge in [0.15, 0.2) is 0 Å². The lowest BCUT2D eigenvalue weighted by atomic mass is 9.92. The maximum Gasteiger partial charge on any atom is 0.138 e. The zero-order valence-electron chi connectivity index (χ0n) is 20.1. The van der Waals surface area contributed by atoms with Crippen LogP contribution in [-0.4, -0.2) is 21.3 Å². The van der Waals surface area contributed by atoms with E-state index in [1.807, 2.05) is 54.6 Å². The molecule has 0 aliphatic carbocycles. The first-order chi connectivity index (χ1) is 16.7. The van der Waals surface area contributed by atoms with Gasteiger partial charge in [-0.3, -0.25) is 0 Å². The number of rotatable bonds is 9.